The lowest BCUT2D eigenvalue weighted by Gasteiger charge is -2.18. The Morgan fingerprint density at radius 1 is 0.182 bits per heavy atom. The SMILES string of the molecule is O=Cc1ccc(-c2ccc(-c3cc(-c4ccc(-c5ccc(C=O)cc5)c(-c5ccccc5)c4)cc(-c4ccc(-c5ccc(C=O)cc5)c(-c5ccccc5)c4)c3)cc2-c2ccccc2)cc1. The van der Waals surface area contributed by atoms with Gasteiger partial charge in [0.15, 0.2) is 0 Å². The lowest BCUT2D eigenvalue weighted by molar-refractivity contribution is 0.111. The zero-order chi connectivity index (χ0) is 44.8. The Balaban J connectivity index is 1.19. The number of benzene rings is 10. The van der Waals surface area contributed by atoms with Gasteiger partial charge in [0.2, 0.25) is 0 Å². The lowest BCUT2D eigenvalue weighted by Crippen LogP contribution is -1.92. The molecular formula is C63H42O3. The van der Waals surface area contributed by atoms with E-state index in [-0.39, 0.29) is 0 Å². The normalized spacial score (nSPS) is 10.9. The van der Waals surface area contributed by atoms with Crippen molar-refractivity contribution in [2.75, 3.05) is 0 Å². The zero-order valence-corrected chi connectivity index (χ0v) is 36.0. The molecule has 3 nitrogen and oxygen atoms in total. The first kappa shape index (κ1) is 41.2. The summed E-state index contributed by atoms with van der Waals surface area (Å²) in [6.07, 6.45) is 2.63. The highest BCUT2D eigenvalue weighted by Crippen LogP contribution is 2.43. The maximum atomic E-state index is 11.6. The fourth-order valence-electron chi connectivity index (χ4n) is 8.85. The van der Waals surface area contributed by atoms with E-state index in [9.17, 15) is 14.4 Å². The maximum Gasteiger partial charge on any atom is 0.150 e. The van der Waals surface area contributed by atoms with Gasteiger partial charge in [-0.2, -0.15) is 0 Å². The molecule has 10 rings (SSSR count). The number of hydrogen-bond donors (Lipinski definition) is 0. The van der Waals surface area contributed by atoms with E-state index in [1.807, 2.05) is 91.0 Å². The summed E-state index contributed by atoms with van der Waals surface area (Å²) in [7, 11) is 0. The molecule has 0 atom stereocenters. The number of aldehydes is 3. The third-order valence-electron chi connectivity index (χ3n) is 12.3. The van der Waals surface area contributed by atoms with Crippen LogP contribution in [0.5, 0.6) is 0 Å². The molecule has 0 N–H and O–H groups in total. The highest BCUT2D eigenvalue weighted by Gasteiger charge is 2.17. The second-order valence-corrected chi connectivity index (χ2v) is 16.4. The van der Waals surface area contributed by atoms with E-state index in [1.54, 1.807) is 0 Å². The van der Waals surface area contributed by atoms with Gasteiger partial charge in [-0.3, -0.25) is 14.4 Å². The average Bonchev–Trinajstić information content (AvgIpc) is 3.41. The van der Waals surface area contributed by atoms with Crippen molar-refractivity contribution in [2.45, 2.75) is 0 Å². The summed E-state index contributed by atoms with van der Waals surface area (Å²) in [5, 5.41) is 0. The van der Waals surface area contributed by atoms with Crippen LogP contribution in [0.2, 0.25) is 0 Å². The van der Waals surface area contributed by atoms with Crippen LogP contribution in [0.1, 0.15) is 31.1 Å². The van der Waals surface area contributed by atoms with Gasteiger partial charge in [0, 0.05) is 16.7 Å². The van der Waals surface area contributed by atoms with E-state index < -0.39 is 0 Å². The molecule has 0 amide bonds. The zero-order valence-electron chi connectivity index (χ0n) is 36.0. The van der Waals surface area contributed by atoms with Crippen molar-refractivity contribution in [1.82, 2.24) is 0 Å². The second kappa shape index (κ2) is 18.5. The fraction of sp³-hybridized carbons (Fsp3) is 0. The molecule has 0 unspecified atom stereocenters. The minimum atomic E-state index is 0.638. The monoisotopic (exact) mass is 846 g/mol. The van der Waals surface area contributed by atoms with Crippen molar-refractivity contribution in [2.24, 2.45) is 0 Å². The molecule has 66 heavy (non-hydrogen) atoms. The molecule has 0 saturated heterocycles. The van der Waals surface area contributed by atoms with E-state index in [1.165, 1.54) is 0 Å². The lowest BCUT2D eigenvalue weighted by atomic mass is 9.86. The molecule has 0 spiro atoms. The predicted octanol–water partition coefficient (Wildman–Crippen LogP) is 16.1. The summed E-state index contributed by atoms with van der Waals surface area (Å²) in [4.78, 5) is 34.7. The fourth-order valence-corrected chi connectivity index (χ4v) is 8.85. The van der Waals surface area contributed by atoms with Crippen LogP contribution in [0.15, 0.2) is 237 Å². The van der Waals surface area contributed by atoms with Crippen LogP contribution < -0.4 is 0 Å². The summed E-state index contributed by atoms with van der Waals surface area (Å²) in [6, 6.07) is 81.5. The molecule has 0 aromatic heterocycles. The third kappa shape index (κ3) is 8.49. The molecule has 0 heterocycles. The summed E-state index contributed by atoms with van der Waals surface area (Å²) < 4.78 is 0. The number of carbonyl (C=O) groups excluding carboxylic acids is 3. The second-order valence-electron chi connectivity index (χ2n) is 16.4. The van der Waals surface area contributed by atoms with Gasteiger partial charge in [0.1, 0.15) is 18.9 Å². The first-order valence-electron chi connectivity index (χ1n) is 22.0. The van der Waals surface area contributed by atoms with Crippen LogP contribution >= 0.6 is 0 Å². The largest absolute Gasteiger partial charge is 0.298 e. The molecule has 0 aliphatic heterocycles. The van der Waals surface area contributed by atoms with Gasteiger partial charge >= 0.3 is 0 Å². The van der Waals surface area contributed by atoms with E-state index in [2.05, 4.69) is 146 Å². The summed E-state index contributed by atoms with van der Waals surface area (Å²) in [6.45, 7) is 0. The maximum absolute atomic E-state index is 11.6. The summed E-state index contributed by atoms with van der Waals surface area (Å²) in [5.41, 5.74) is 21.2. The number of rotatable bonds is 12. The van der Waals surface area contributed by atoms with Crippen molar-refractivity contribution in [3.63, 3.8) is 0 Å². The van der Waals surface area contributed by atoms with Crippen LogP contribution in [0, 0.1) is 0 Å². The predicted molar refractivity (Wildman–Crippen MR) is 272 cm³/mol. The molecule has 10 aromatic carbocycles. The van der Waals surface area contributed by atoms with E-state index >= 15 is 0 Å². The molecule has 0 bridgehead atoms. The third-order valence-corrected chi connectivity index (χ3v) is 12.3. The Morgan fingerprint density at radius 3 is 0.652 bits per heavy atom. The van der Waals surface area contributed by atoms with Crippen LogP contribution in [-0.2, 0) is 0 Å². The van der Waals surface area contributed by atoms with Crippen molar-refractivity contribution in [3.05, 3.63) is 253 Å². The van der Waals surface area contributed by atoms with Gasteiger partial charge in [-0.05, 0) is 137 Å². The molecule has 0 aliphatic carbocycles. The highest BCUT2D eigenvalue weighted by atomic mass is 16.1. The molecule has 0 aliphatic rings. The topological polar surface area (TPSA) is 51.2 Å². The molecule has 0 saturated carbocycles. The van der Waals surface area contributed by atoms with Crippen molar-refractivity contribution in [1.29, 1.82) is 0 Å². The smallest absolute Gasteiger partial charge is 0.150 e. The van der Waals surface area contributed by atoms with Gasteiger partial charge < -0.3 is 0 Å². The summed E-state index contributed by atoms with van der Waals surface area (Å²) >= 11 is 0. The Labute approximate surface area is 385 Å². The van der Waals surface area contributed by atoms with Gasteiger partial charge in [-0.1, -0.05) is 200 Å². The van der Waals surface area contributed by atoms with Crippen LogP contribution in [0.25, 0.3) is 100 Å². The van der Waals surface area contributed by atoms with Gasteiger partial charge in [-0.15, -0.1) is 0 Å². The molecular weight excluding hydrogens is 805 g/mol. The Hall–Kier alpha value is -8.79. The first-order valence-corrected chi connectivity index (χ1v) is 22.0. The first-order chi connectivity index (χ1) is 32.5. The molecule has 0 radical (unpaired) electrons. The number of carbonyl (C=O) groups is 3. The van der Waals surface area contributed by atoms with Gasteiger partial charge in [-0.25, -0.2) is 0 Å². The Morgan fingerprint density at radius 2 is 0.409 bits per heavy atom. The van der Waals surface area contributed by atoms with Crippen molar-refractivity contribution >= 4 is 18.9 Å². The van der Waals surface area contributed by atoms with Crippen molar-refractivity contribution in [3.8, 4) is 100 Å². The molecule has 3 heteroatoms. The molecule has 10 aromatic rings. The van der Waals surface area contributed by atoms with Gasteiger partial charge in [0.25, 0.3) is 0 Å². The van der Waals surface area contributed by atoms with Crippen LogP contribution in [-0.4, -0.2) is 18.9 Å². The van der Waals surface area contributed by atoms with Crippen molar-refractivity contribution < 1.29 is 14.4 Å². The van der Waals surface area contributed by atoms with E-state index in [4.69, 9.17) is 0 Å². The van der Waals surface area contributed by atoms with E-state index in [0.717, 1.165) is 119 Å². The Kier molecular flexibility index (Phi) is 11.6. The average molecular weight is 847 g/mol. The summed E-state index contributed by atoms with van der Waals surface area (Å²) in [5.74, 6) is 0. The standard InChI is InChI=1S/C63H42O3/c64-40-43-16-22-49(23-17-43)58-31-28-52(37-61(58)46-10-4-1-5-11-46)55-34-56(53-29-32-59(50-24-18-44(41-65)19-25-50)62(38-53)47-12-6-2-7-13-47)36-57(35-55)54-30-33-60(51-26-20-45(42-66)21-27-51)63(39-54)48-14-8-3-9-15-48/h1-42H. The minimum Gasteiger partial charge on any atom is -0.298 e. The highest BCUT2D eigenvalue weighted by molar-refractivity contribution is 5.94. The van der Waals surface area contributed by atoms with E-state index in [0.29, 0.717) is 16.7 Å². The quantitative estimate of drug-likeness (QED) is 0.115. The Bertz CT molecular complexity index is 2980. The number of hydrogen-bond acceptors (Lipinski definition) is 3. The van der Waals surface area contributed by atoms with Crippen LogP contribution in [0.3, 0.4) is 0 Å². The molecule has 0 fully saturated rings. The molecule has 312 valence electrons. The van der Waals surface area contributed by atoms with Crippen LogP contribution in [0.4, 0.5) is 0 Å². The van der Waals surface area contributed by atoms with Gasteiger partial charge in [0.05, 0.1) is 0 Å². The minimum absolute atomic E-state index is 0.638.